The SMILES string of the molecule is CN(C)C(=O)[C@@H]1C[C@H]1[C@@H]1C[C@H](SC[C](O)Cc2ccc([N+](=O)[O-])cc2)CN1C(=O)OCc1ccc([N+](=O)[O-])cc1. The van der Waals surface area contributed by atoms with Gasteiger partial charge in [-0.05, 0) is 42.0 Å². The van der Waals surface area contributed by atoms with Gasteiger partial charge in [0.2, 0.25) is 5.91 Å². The average molecular weight is 572 g/mol. The zero-order valence-corrected chi connectivity index (χ0v) is 23.0. The fraction of sp³-hybridized carbons (Fsp3) is 0.444. The molecule has 1 saturated carbocycles. The lowest BCUT2D eigenvalue weighted by Crippen LogP contribution is -2.38. The number of hydrogen-bond acceptors (Lipinski definition) is 9. The highest BCUT2D eigenvalue weighted by Crippen LogP contribution is 2.48. The maximum absolute atomic E-state index is 13.1. The molecule has 0 aromatic heterocycles. The van der Waals surface area contributed by atoms with Crippen molar-refractivity contribution in [3.05, 3.63) is 86.0 Å². The smallest absolute Gasteiger partial charge is 0.410 e. The summed E-state index contributed by atoms with van der Waals surface area (Å²) in [6.07, 6.45) is 1.34. The first kappa shape index (κ1) is 29.3. The number of thioether (sulfide) groups is 1. The van der Waals surface area contributed by atoms with E-state index in [9.17, 15) is 34.9 Å². The first-order valence-electron chi connectivity index (χ1n) is 12.8. The Morgan fingerprint density at radius 3 is 2.12 bits per heavy atom. The van der Waals surface area contributed by atoms with Gasteiger partial charge < -0.3 is 19.6 Å². The monoisotopic (exact) mass is 571 g/mol. The number of likely N-dealkylation sites (tertiary alicyclic amines) is 1. The van der Waals surface area contributed by atoms with E-state index in [4.69, 9.17) is 4.74 Å². The van der Waals surface area contributed by atoms with Gasteiger partial charge >= 0.3 is 6.09 Å². The second-order valence-electron chi connectivity index (χ2n) is 10.3. The van der Waals surface area contributed by atoms with Crippen LogP contribution in [0.25, 0.3) is 0 Å². The molecule has 1 radical (unpaired) electrons. The van der Waals surface area contributed by atoms with Gasteiger partial charge in [0.15, 0.2) is 0 Å². The van der Waals surface area contributed by atoms with Crippen LogP contribution in [0.4, 0.5) is 16.2 Å². The predicted molar refractivity (Wildman–Crippen MR) is 147 cm³/mol. The summed E-state index contributed by atoms with van der Waals surface area (Å²) in [6.45, 7) is 0.366. The van der Waals surface area contributed by atoms with Crippen LogP contribution < -0.4 is 0 Å². The first-order valence-corrected chi connectivity index (χ1v) is 13.8. The van der Waals surface area contributed by atoms with Crippen molar-refractivity contribution in [2.45, 2.75) is 37.2 Å². The van der Waals surface area contributed by atoms with E-state index in [-0.39, 0.29) is 59.5 Å². The Balaban J connectivity index is 1.35. The number of nitro benzene ring substituents is 2. The summed E-state index contributed by atoms with van der Waals surface area (Å²) in [5.41, 5.74) is 1.32. The summed E-state index contributed by atoms with van der Waals surface area (Å²) >= 11 is 1.52. The summed E-state index contributed by atoms with van der Waals surface area (Å²) in [5.74, 6) is 0.264. The van der Waals surface area contributed by atoms with Crippen molar-refractivity contribution in [3.63, 3.8) is 0 Å². The molecular formula is C27H31N4O8S. The van der Waals surface area contributed by atoms with E-state index >= 15 is 0 Å². The molecule has 40 heavy (non-hydrogen) atoms. The highest BCUT2D eigenvalue weighted by atomic mass is 32.2. The van der Waals surface area contributed by atoms with Crippen LogP contribution in [0.3, 0.4) is 0 Å². The Hall–Kier alpha value is -3.71. The number of non-ortho nitro benzene ring substituents is 2. The third-order valence-corrected chi connectivity index (χ3v) is 8.49. The van der Waals surface area contributed by atoms with Crippen molar-refractivity contribution in [1.82, 2.24) is 9.80 Å². The summed E-state index contributed by atoms with van der Waals surface area (Å²) in [7, 11) is 3.43. The Labute approximate surface area is 235 Å². The second-order valence-corrected chi connectivity index (χ2v) is 11.6. The number of carbonyl (C=O) groups excluding carboxylic acids is 2. The van der Waals surface area contributed by atoms with Crippen molar-refractivity contribution in [1.29, 1.82) is 0 Å². The van der Waals surface area contributed by atoms with Crippen LogP contribution in [0.1, 0.15) is 24.0 Å². The molecule has 1 N–H and O–H groups in total. The highest BCUT2D eigenvalue weighted by molar-refractivity contribution is 8.00. The quantitative estimate of drug-likeness (QED) is 0.309. The van der Waals surface area contributed by atoms with Gasteiger partial charge in [0.1, 0.15) is 12.7 Å². The average Bonchev–Trinajstić information content (AvgIpc) is 3.61. The molecule has 13 heteroatoms. The second kappa shape index (κ2) is 12.6. The number of carbonyl (C=O) groups is 2. The van der Waals surface area contributed by atoms with Gasteiger partial charge in [-0.3, -0.25) is 25.0 Å². The van der Waals surface area contributed by atoms with Crippen LogP contribution in [0.5, 0.6) is 0 Å². The lowest BCUT2D eigenvalue weighted by Gasteiger charge is -2.24. The standard InChI is InChI=1S/C27H31N4O8S/c1-28(2)26(33)24-13-23(24)25-12-22(40-16-21(32)11-17-3-7-19(8-4-17)30(35)36)14-29(25)27(34)39-15-18-5-9-20(10-6-18)31(37)38/h3-10,22-25,32H,11-16H2,1-2H3/t22-,23+,24+,25-/m0/s1. The number of aliphatic hydroxyl groups is 1. The summed E-state index contributed by atoms with van der Waals surface area (Å²) in [6, 6.07) is 11.7. The number of nitrogens with zero attached hydrogens (tertiary/aromatic N) is 4. The van der Waals surface area contributed by atoms with Crippen molar-refractivity contribution in [3.8, 4) is 0 Å². The number of amides is 2. The van der Waals surface area contributed by atoms with Crippen molar-refractivity contribution < 1.29 is 29.3 Å². The maximum atomic E-state index is 13.1. The van der Waals surface area contributed by atoms with E-state index < -0.39 is 15.9 Å². The Kier molecular flexibility index (Phi) is 9.25. The van der Waals surface area contributed by atoms with Crippen molar-refractivity contribution in [2.75, 3.05) is 26.4 Å². The van der Waals surface area contributed by atoms with Gasteiger partial charge in [-0.15, -0.1) is 0 Å². The third-order valence-electron chi connectivity index (χ3n) is 7.18. The molecule has 2 aromatic carbocycles. The van der Waals surface area contributed by atoms with Crippen LogP contribution >= 0.6 is 11.8 Å². The highest BCUT2D eigenvalue weighted by Gasteiger charge is 2.54. The van der Waals surface area contributed by atoms with Gasteiger partial charge in [0.25, 0.3) is 11.4 Å². The summed E-state index contributed by atoms with van der Waals surface area (Å²) in [4.78, 5) is 49.6. The molecule has 1 saturated heterocycles. The molecule has 12 nitrogen and oxygen atoms in total. The number of aliphatic hydroxyl groups excluding tert-OH is 1. The van der Waals surface area contributed by atoms with Gasteiger partial charge in [-0.25, -0.2) is 4.79 Å². The van der Waals surface area contributed by atoms with E-state index in [1.165, 1.54) is 36.0 Å². The number of rotatable bonds is 11. The fourth-order valence-electron chi connectivity index (χ4n) is 5.00. The Bertz CT molecular complexity index is 1240. The number of benzene rings is 2. The predicted octanol–water partition coefficient (Wildman–Crippen LogP) is 4.19. The van der Waals surface area contributed by atoms with Crippen molar-refractivity contribution in [2.24, 2.45) is 11.8 Å². The molecule has 0 spiro atoms. The lowest BCUT2D eigenvalue weighted by molar-refractivity contribution is -0.385. The third kappa shape index (κ3) is 7.27. The minimum absolute atomic E-state index is 0.0127. The van der Waals surface area contributed by atoms with Gasteiger partial charge in [0, 0.05) is 74.3 Å². The van der Waals surface area contributed by atoms with Crippen LogP contribution in [-0.4, -0.2) is 74.4 Å². The first-order chi connectivity index (χ1) is 19.0. The zero-order chi connectivity index (χ0) is 29.0. The molecule has 1 heterocycles. The molecular weight excluding hydrogens is 540 g/mol. The molecule has 2 aliphatic rings. The fourth-order valence-corrected chi connectivity index (χ4v) is 6.13. The maximum Gasteiger partial charge on any atom is 0.410 e. The molecule has 1 aliphatic heterocycles. The Morgan fingerprint density at radius 2 is 1.57 bits per heavy atom. The molecule has 4 rings (SSSR count). The van der Waals surface area contributed by atoms with Gasteiger partial charge in [-0.2, -0.15) is 11.8 Å². The van der Waals surface area contributed by atoms with Crippen LogP contribution in [0, 0.1) is 38.2 Å². The lowest BCUT2D eigenvalue weighted by atomic mass is 10.1. The van der Waals surface area contributed by atoms with Crippen LogP contribution in [-0.2, 0) is 22.6 Å². The molecule has 2 amide bonds. The zero-order valence-electron chi connectivity index (χ0n) is 22.2. The topological polar surface area (TPSA) is 156 Å². The summed E-state index contributed by atoms with van der Waals surface area (Å²) < 4.78 is 5.55. The molecule has 0 unspecified atom stereocenters. The molecule has 1 aliphatic carbocycles. The Morgan fingerprint density at radius 1 is 1.00 bits per heavy atom. The van der Waals surface area contributed by atoms with E-state index in [0.29, 0.717) is 30.7 Å². The summed E-state index contributed by atoms with van der Waals surface area (Å²) in [5, 5.41) is 32.2. The normalized spacial score (nSPS) is 21.8. The minimum atomic E-state index is -0.506. The van der Waals surface area contributed by atoms with Gasteiger partial charge in [-0.1, -0.05) is 12.1 Å². The van der Waals surface area contributed by atoms with Crippen LogP contribution in [0.15, 0.2) is 48.5 Å². The van der Waals surface area contributed by atoms with Gasteiger partial charge in [0.05, 0.1) is 9.85 Å². The molecule has 2 fully saturated rings. The molecule has 2 aromatic rings. The van der Waals surface area contributed by atoms with Crippen LogP contribution in [0.2, 0.25) is 0 Å². The molecule has 0 bridgehead atoms. The number of hydrogen-bond donors (Lipinski definition) is 1. The number of ether oxygens (including phenoxy) is 1. The van der Waals surface area contributed by atoms with Crippen molar-refractivity contribution >= 4 is 35.1 Å². The van der Waals surface area contributed by atoms with E-state index in [1.54, 1.807) is 48.2 Å². The largest absolute Gasteiger partial charge is 0.445 e. The minimum Gasteiger partial charge on any atom is -0.445 e. The molecule has 213 valence electrons. The molecule has 4 atom stereocenters. The number of nitro groups is 2. The van der Waals surface area contributed by atoms with E-state index in [2.05, 4.69) is 0 Å². The van der Waals surface area contributed by atoms with E-state index in [0.717, 1.165) is 5.56 Å². The van der Waals surface area contributed by atoms with E-state index in [1.807, 2.05) is 0 Å².